The molecule has 5 atom stereocenters. The molecule has 2 aromatic carbocycles. The molecule has 254 valence electrons. The van der Waals surface area contributed by atoms with Gasteiger partial charge in [-0.1, -0.05) is 56.3 Å². The number of benzene rings is 2. The van der Waals surface area contributed by atoms with Gasteiger partial charge < -0.3 is 24.1 Å². The van der Waals surface area contributed by atoms with Gasteiger partial charge in [-0.3, -0.25) is 10.5 Å². The van der Waals surface area contributed by atoms with Crippen LogP contribution in [0.15, 0.2) is 66.9 Å². The van der Waals surface area contributed by atoms with E-state index in [0.717, 1.165) is 29.5 Å². The fraction of sp³-hybridized carbons (Fsp3) is 0.500. The number of hydrogen-bond acceptors (Lipinski definition) is 7. The number of anilines is 1. The van der Waals surface area contributed by atoms with Crippen molar-refractivity contribution in [1.82, 2.24) is 5.32 Å². The third-order valence-electron chi connectivity index (χ3n) is 10.7. The van der Waals surface area contributed by atoms with Crippen LogP contribution in [-0.2, 0) is 38.2 Å². The van der Waals surface area contributed by atoms with Gasteiger partial charge in [0.1, 0.15) is 23.5 Å². The second-order valence-electron chi connectivity index (χ2n) is 15.5. The number of carbonyl (C=O) groups is 2. The summed E-state index contributed by atoms with van der Waals surface area (Å²) in [7, 11) is 0.881. The zero-order valence-electron chi connectivity index (χ0n) is 29.2. The molecule has 5 unspecified atom stereocenters. The van der Waals surface area contributed by atoms with Crippen molar-refractivity contribution < 1.29 is 32.9 Å². The number of nitrogens with zero attached hydrogens (tertiary/aromatic N) is 1. The summed E-state index contributed by atoms with van der Waals surface area (Å²) in [5.74, 6) is 0.944. The lowest BCUT2D eigenvalue weighted by molar-refractivity contribution is -0.674. The van der Waals surface area contributed by atoms with E-state index < -0.39 is 30.2 Å². The van der Waals surface area contributed by atoms with Gasteiger partial charge in [-0.2, -0.15) is 0 Å². The average molecular weight is 655 g/mol. The van der Waals surface area contributed by atoms with Crippen LogP contribution in [0, 0.1) is 17.3 Å². The molecule has 4 aliphatic rings. The van der Waals surface area contributed by atoms with Gasteiger partial charge >= 0.3 is 13.1 Å². The van der Waals surface area contributed by atoms with Crippen LogP contribution in [0.1, 0.15) is 81.4 Å². The summed E-state index contributed by atoms with van der Waals surface area (Å²) in [6.45, 7) is 13.0. The van der Waals surface area contributed by atoms with E-state index in [9.17, 15) is 9.59 Å². The molecule has 0 radical (unpaired) electrons. The Morgan fingerprint density at radius 1 is 1.04 bits per heavy atom. The number of ether oxygens (including phenoxy) is 2. The minimum atomic E-state index is -0.662. The van der Waals surface area contributed by atoms with E-state index in [1.54, 1.807) is 13.2 Å². The highest BCUT2D eigenvalue weighted by Gasteiger charge is 2.68. The van der Waals surface area contributed by atoms with Crippen molar-refractivity contribution in [2.45, 2.75) is 97.0 Å². The predicted molar refractivity (Wildman–Crippen MR) is 184 cm³/mol. The van der Waals surface area contributed by atoms with Crippen LogP contribution >= 0.6 is 0 Å². The number of aromatic nitrogens is 1. The number of nitrogen functional groups attached to an aromatic ring is 1. The monoisotopic (exact) mass is 654 g/mol. The van der Waals surface area contributed by atoms with Crippen molar-refractivity contribution in [2.75, 3.05) is 12.8 Å². The highest BCUT2D eigenvalue weighted by molar-refractivity contribution is 6.48. The Morgan fingerprint density at radius 3 is 2.44 bits per heavy atom. The summed E-state index contributed by atoms with van der Waals surface area (Å²) < 4.78 is 27.0. The van der Waals surface area contributed by atoms with E-state index in [2.05, 4.69) is 26.1 Å². The summed E-state index contributed by atoms with van der Waals surface area (Å²) in [6, 6.07) is 19.2. The number of carbonyl (C=O) groups excluding carboxylic acids is 2. The van der Waals surface area contributed by atoms with Gasteiger partial charge in [0.25, 0.3) is 5.82 Å². The Morgan fingerprint density at radius 2 is 1.77 bits per heavy atom. The molecule has 1 aromatic heterocycles. The SMILES string of the molecule is COc1c(CC(NC(=O)Cc2ccc(C[n+]3ccccc3N)cc2)B2OC3CC4CC(C4(C)C)C3(C)O2)cccc1C(=O)OC(C)(C)C. The lowest BCUT2D eigenvalue weighted by Crippen LogP contribution is -2.65. The quantitative estimate of drug-likeness (QED) is 0.178. The van der Waals surface area contributed by atoms with Gasteiger partial charge in [-0.15, -0.1) is 0 Å². The lowest BCUT2D eigenvalue weighted by Gasteiger charge is -2.64. The van der Waals surface area contributed by atoms with Crippen LogP contribution in [0.25, 0.3) is 0 Å². The summed E-state index contributed by atoms with van der Waals surface area (Å²) >= 11 is 0. The number of pyridine rings is 1. The molecular weight excluding hydrogens is 605 g/mol. The molecular formula is C38H49BN3O6+. The summed E-state index contributed by atoms with van der Waals surface area (Å²) in [6.07, 6.45) is 4.50. The van der Waals surface area contributed by atoms with Crippen molar-refractivity contribution in [1.29, 1.82) is 0 Å². The van der Waals surface area contributed by atoms with Crippen LogP contribution in [0.3, 0.4) is 0 Å². The van der Waals surface area contributed by atoms with Crippen molar-refractivity contribution in [3.05, 3.63) is 89.1 Å². The van der Waals surface area contributed by atoms with Gasteiger partial charge in [0, 0.05) is 6.07 Å². The first-order chi connectivity index (χ1) is 22.7. The maximum atomic E-state index is 13.7. The molecule has 48 heavy (non-hydrogen) atoms. The third-order valence-corrected chi connectivity index (χ3v) is 10.7. The normalized spacial score (nSPS) is 24.6. The molecule has 3 aromatic rings. The minimum absolute atomic E-state index is 0.0438. The van der Waals surface area contributed by atoms with Crippen molar-refractivity contribution >= 4 is 24.8 Å². The second-order valence-corrected chi connectivity index (χ2v) is 15.5. The average Bonchev–Trinajstić information content (AvgIpc) is 3.39. The molecule has 3 aliphatic carbocycles. The number of methoxy groups -OCH3 is 1. The van der Waals surface area contributed by atoms with Crippen molar-refractivity contribution in [3.8, 4) is 5.75 Å². The van der Waals surface area contributed by atoms with E-state index in [4.69, 9.17) is 24.5 Å². The lowest BCUT2D eigenvalue weighted by atomic mass is 9.43. The Hall–Kier alpha value is -3.89. The first-order valence-electron chi connectivity index (χ1n) is 17.0. The van der Waals surface area contributed by atoms with Crippen LogP contribution in [-0.4, -0.2) is 49.4 Å². The molecule has 1 aliphatic heterocycles. The highest BCUT2D eigenvalue weighted by atomic mass is 16.7. The Balaban J connectivity index is 1.22. The largest absolute Gasteiger partial charge is 0.496 e. The van der Waals surface area contributed by atoms with Gasteiger partial charge in [-0.05, 0) is 93.0 Å². The van der Waals surface area contributed by atoms with Crippen molar-refractivity contribution in [2.24, 2.45) is 17.3 Å². The van der Waals surface area contributed by atoms with Crippen LogP contribution in [0.2, 0.25) is 0 Å². The van der Waals surface area contributed by atoms with E-state index in [1.165, 1.54) is 0 Å². The van der Waals surface area contributed by atoms with E-state index in [0.29, 0.717) is 41.9 Å². The van der Waals surface area contributed by atoms with Gasteiger partial charge in [0.2, 0.25) is 5.91 Å². The minimum Gasteiger partial charge on any atom is -0.496 e. The molecule has 1 amide bonds. The predicted octanol–water partition coefficient (Wildman–Crippen LogP) is 5.11. The van der Waals surface area contributed by atoms with Crippen LogP contribution in [0.4, 0.5) is 5.82 Å². The molecule has 2 heterocycles. The van der Waals surface area contributed by atoms with Gasteiger partial charge in [0.15, 0.2) is 0 Å². The van der Waals surface area contributed by atoms with Gasteiger partial charge in [-0.25, -0.2) is 9.36 Å². The smallest absolute Gasteiger partial charge is 0.482 e. The molecule has 4 fully saturated rings. The number of esters is 1. The third kappa shape index (κ3) is 6.70. The van der Waals surface area contributed by atoms with E-state index in [-0.39, 0.29) is 23.8 Å². The molecule has 3 saturated carbocycles. The molecule has 10 heteroatoms. The van der Waals surface area contributed by atoms with E-state index in [1.807, 2.05) is 86.1 Å². The number of hydrogen-bond donors (Lipinski definition) is 2. The number of nitrogens with two attached hydrogens (primary N) is 1. The number of rotatable bonds is 10. The maximum Gasteiger partial charge on any atom is 0.482 e. The molecule has 0 spiro atoms. The fourth-order valence-corrected chi connectivity index (χ4v) is 8.04. The molecule has 7 rings (SSSR count). The highest BCUT2D eigenvalue weighted by Crippen LogP contribution is 2.65. The Labute approximate surface area is 284 Å². The Kier molecular flexibility index (Phi) is 9.11. The molecule has 2 bridgehead atoms. The Bertz CT molecular complexity index is 1670. The first kappa shape index (κ1) is 34.0. The standard InChI is InChI=1S/C38H48BN3O6/c1-36(2,3)46-35(44)28-12-10-11-26(34(28)45-7)20-31(39-47-30-22-27-21-29(37(27,4)5)38(30,6)48-39)41-33(43)19-24-14-16-25(17-15-24)23-42-18-9-8-13-32(42)40/h8-18,27,29-31,40H,19-23H2,1-7H3,(H,41,43)/p+1. The summed E-state index contributed by atoms with van der Waals surface area (Å²) in [5, 5.41) is 3.25. The number of nitrogens with one attached hydrogen (secondary N) is 1. The zero-order chi connectivity index (χ0) is 34.4. The van der Waals surface area contributed by atoms with Crippen LogP contribution < -0.4 is 20.4 Å². The summed E-state index contributed by atoms with van der Waals surface area (Å²) in [5.41, 5.74) is 8.26. The number of para-hydroxylation sites is 1. The molecule has 9 nitrogen and oxygen atoms in total. The second kappa shape index (κ2) is 12.9. The zero-order valence-corrected chi connectivity index (χ0v) is 29.2. The van der Waals surface area contributed by atoms with Crippen molar-refractivity contribution in [3.63, 3.8) is 0 Å². The topological polar surface area (TPSA) is 113 Å². The first-order valence-corrected chi connectivity index (χ1v) is 17.0. The maximum absolute atomic E-state index is 13.7. The molecule has 1 saturated heterocycles. The van der Waals surface area contributed by atoms with Gasteiger partial charge in [0.05, 0.1) is 37.4 Å². The summed E-state index contributed by atoms with van der Waals surface area (Å²) in [4.78, 5) is 26.8. The van der Waals surface area contributed by atoms with Crippen LogP contribution in [0.5, 0.6) is 5.75 Å². The number of amides is 1. The fourth-order valence-electron chi connectivity index (χ4n) is 8.04. The molecule has 3 N–H and O–H groups in total. The van der Waals surface area contributed by atoms with E-state index >= 15 is 0 Å².